The van der Waals surface area contributed by atoms with E-state index in [0.29, 0.717) is 12.2 Å². The van der Waals surface area contributed by atoms with Gasteiger partial charge in [0.25, 0.3) is 0 Å². The van der Waals surface area contributed by atoms with Crippen LogP contribution in [0.25, 0.3) is 0 Å². The van der Waals surface area contributed by atoms with Crippen LogP contribution >= 0.6 is 0 Å². The lowest BCUT2D eigenvalue weighted by Gasteiger charge is -2.37. The lowest BCUT2D eigenvalue weighted by atomic mass is 9.76. The zero-order valence-electron chi connectivity index (χ0n) is 10.9. The number of aliphatic hydroxyl groups is 1. The number of allylic oxidation sites excluding steroid dienone is 2. The summed E-state index contributed by atoms with van der Waals surface area (Å²) in [5.74, 6) is -0.0853. The molecule has 1 rings (SSSR count). The minimum atomic E-state index is -0.694. The van der Waals surface area contributed by atoms with Crippen LogP contribution in [0.2, 0.25) is 0 Å². The second kappa shape index (κ2) is 4.78. The number of esters is 1. The Kier molecular flexibility index (Phi) is 3.81. The van der Waals surface area contributed by atoms with Crippen LogP contribution in [0.1, 0.15) is 34.1 Å². The van der Waals surface area contributed by atoms with E-state index in [0.717, 1.165) is 11.1 Å². The molecular weight excluding hydrogens is 216 g/mol. The third-order valence-corrected chi connectivity index (χ3v) is 3.29. The summed E-state index contributed by atoms with van der Waals surface area (Å²) in [5.41, 5.74) is 0.910. The van der Waals surface area contributed by atoms with E-state index in [4.69, 9.17) is 4.74 Å². The van der Waals surface area contributed by atoms with Crippen LogP contribution in [0.15, 0.2) is 35.6 Å². The summed E-state index contributed by atoms with van der Waals surface area (Å²) in [6.07, 6.45) is 4.14. The Balaban J connectivity index is 3.17. The Morgan fingerprint density at radius 3 is 2.76 bits per heavy atom. The SMILES string of the molecule is C=CCC1=C(O)C(C)=CC(C)(OC(C)=O)C1C. The smallest absolute Gasteiger partial charge is 0.303 e. The third-order valence-electron chi connectivity index (χ3n) is 3.29. The molecule has 17 heavy (non-hydrogen) atoms. The first-order chi connectivity index (χ1) is 7.81. The quantitative estimate of drug-likeness (QED) is 0.604. The Bertz CT molecular complexity index is 404. The summed E-state index contributed by atoms with van der Waals surface area (Å²) < 4.78 is 5.39. The maximum Gasteiger partial charge on any atom is 0.303 e. The van der Waals surface area contributed by atoms with Crippen LogP contribution in [-0.2, 0) is 9.53 Å². The molecule has 0 saturated carbocycles. The monoisotopic (exact) mass is 236 g/mol. The maximum atomic E-state index is 11.2. The third kappa shape index (κ3) is 2.60. The van der Waals surface area contributed by atoms with E-state index < -0.39 is 5.60 Å². The molecule has 0 fully saturated rings. The summed E-state index contributed by atoms with van der Waals surface area (Å²) >= 11 is 0. The van der Waals surface area contributed by atoms with E-state index in [1.54, 1.807) is 12.2 Å². The molecule has 0 aromatic rings. The summed E-state index contributed by atoms with van der Waals surface area (Å²) in [6.45, 7) is 10.7. The van der Waals surface area contributed by atoms with Crippen molar-refractivity contribution in [1.29, 1.82) is 0 Å². The van der Waals surface area contributed by atoms with Crippen molar-refractivity contribution in [3.63, 3.8) is 0 Å². The second-order valence-electron chi connectivity index (χ2n) is 4.69. The lowest BCUT2D eigenvalue weighted by molar-refractivity contribution is -0.154. The van der Waals surface area contributed by atoms with Gasteiger partial charge in [0.05, 0.1) is 0 Å². The molecule has 2 atom stereocenters. The first kappa shape index (κ1) is 13.6. The number of hydrogen-bond acceptors (Lipinski definition) is 3. The molecule has 0 aromatic heterocycles. The van der Waals surface area contributed by atoms with Gasteiger partial charge in [-0.3, -0.25) is 4.79 Å². The predicted octanol–water partition coefficient (Wildman–Crippen LogP) is 3.29. The number of carbonyl (C=O) groups is 1. The maximum absolute atomic E-state index is 11.2. The van der Waals surface area contributed by atoms with Gasteiger partial charge in [-0.05, 0) is 37.5 Å². The van der Waals surface area contributed by atoms with Crippen LogP contribution in [-0.4, -0.2) is 16.7 Å². The van der Waals surface area contributed by atoms with E-state index in [1.165, 1.54) is 6.92 Å². The van der Waals surface area contributed by atoms with E-state index in [9.17, 15) is 9.90 Å². The van der Waals surface area contributed by atoms with Crippen LogP contribution in [0.5, 0.6) is 0 Å². The van der Waals surface area contributed by atoms with Gasteiger partial charge in [-0.15, -0.1) is 6.58 Å². The summed E-state index contributed by atoms with van der Waals surface area (Å²) in [7, 11) is 0. The Morgan fingerprint density at radius 1 is 1.71 bits per heavy atom. The highest BCUT2D eigenvalue weighted by Gasteiger charge is 2.39. The van der Waals surface area contributed by atoms with Crippen molar-refractivity contribution in [2.75, 3.05) is 0 Å². The zero-order valence-corrected chi connectivity index (χ0v) is 10.9. The molecule has 2 unspecified atom stereocenters. The van der Waals surface area contributed by atoms with Crippen molar-refractivity contribution in [1.82, 2.24) is 0 Å². The molecule has 3 nitrogen and oxygen atoms in total. The van der Waals surface area contributed by atoms with E-state index in [2.05, 4.69) is 6.58 Å². The Hall–Kier alpha value is -1.51. The van der Waals surface area contributed by atoms with Crippen molar-refractivity contribution < 1.29 is 14.6 Å². The molecule has 94 valence electrons. The average molecular weight is 236 g/mol. The van der Waals surface area contributed by atoms with E-state index in [-0.39, 0.29) is 11.9 Å². The van der Waals surface area contributed by atoms with Gasteiger partial charge < -0.3 is 9.84 Å². The molecule has 1 aliphatic rings. The molecule has 0 aliphatic heterocycles. The van der Waals surface area contributed by atoms with Crippen LogP contribution in [0.3, 0.4) is 0 Å². The molecule has 0 saturated heterocycles. The lowest BCUT2D eigenvalue weighted by Crippen LogP contribution is -2.39. The van der Waals surface area contributed by atoms with Crippen molar-refractivity contribution in [2.24, 2.45) is 5.92 Å². The molecule has 3 heteroatoms. The van der Waals surface area contributed by atoms with Crippen LogP contribution < -0.4 is 0 Å². The zero-order chi connectivity index (χ0) is 13.2. The highest BCUT2D eigenvalue weighted by Crippen LogP contribution is 2.39. The van der Waals surface area contributed by atoms with E-state index >= 15 is 0 Å². The molecular formula is C14H20O3. The minimum Gasteiger partial charge on any atom is -0.508 e. The van der Waals surface area contributed by atoms with Gasteiger partial charge in [-0.1, -0.05) is 13.0 Å². The number of rotatable bonds is 3. The molecule has 0 radical (unpaired) electrons. The molecule has 0 spiro atoms. The van der Waals surface area contributed by atoms with Crippen molar-refractivity contribution in [3.05, 3.63) is 35.6 Å². The van der Waals surface area contributed by atoms with Gasteiger partial charge in [-0.25, -0.2) is 0 Å². The number of ether oxygens (including phenoxy) is 1. The van der Waals surface area contributed by atoms with Gasteiger partial charge >= 0.3 is 5.97 Å². The summed E-state index contributed by atoms with van der Waals surface area (Å²) in [4.78, 5) is 11.2. The van der Waals surface area contributed by atoms with Gasteiger partial charge in [0.1, 0.15) is 11.4 Å². The number of carbonyl (C=O) groups excluding carboxylic acids is 1. The fraction of sp³-hybridized carbons (Fsp3) is 0.500. The minimum absolute atomic E-state index is 0.0619. The van der Waals surface area contributed by atoms with Gasteiger partial charge in [0.15, 0.2) is 0 Å². The average Bonchev–Trinajstić information content (AvgIpc) is 2.20. The van der Waals surface area contributed by atoms with Gasteiger partial charge in [0, 0.05) is 12.8 Å². The normalized spacial score (nSPS) is 28.7. The Morgan fingerprint density at radius 2 is 2.29 bits per heavy atom. The van der Waals surface area contributed by atoms with Crippen LogP contribution in [0.4, 0.5) is 0 Å². The van der Waals surface area contributed by atoms with Crippen molar-refractivity contribution in [2.45, 2.75) is 39.7 Å². The molecule has 0 bridgehead atoms. The number of aliphatic hydroxyl groups excluding tert-OH is 1. The standard InChI is InChI=1S/C14H20O3/c1-6-7-12-10(3)14(5,17-11(4)15)8-9(2)13(12)16/h6,8,10,16H,1,7H2,2-5H3. The number of hydrogen-bond donors (Lipinski definition) is 1. The predicted molar refractivity (Wildman–Crippen MR) is 67.6 cm³/mol. The van der Waals surface area contributed by atoms with Gasteiger partial charge in [-0.2, -0.15) is 0 Å². The summed E-state index contributed by atoms with van der Waals surface area (Å²) in [5, 5.41) is 10.0. The fourth-order valence-electron chi connectivity index (χ4n) is 2.28. The molecule has 1 N–H and O–H groups in total. The summed E-state index contributed by atoms with van der Waals surface area (Å²) in [6, 6.07) is 0. The first-order valence-corrected chi connectivity index (χ1v) is 5.74. The van der Waals surface area contributed by atoms with E-state index in [1.807, 2.05) is 20.8 Å². The van der Waals surface area contributed by atoms with Gasteiger partial charge in [0.2, 0.25) is 0 Å². The first-order valence-electron chi connectivity index (χ1n) is 5.74. The Labute approximate surface area is 102 Å². The molecule has 0 amide bonds. The van der Waals surface area contributed by atoms with Crippen LogP contribution in [0, 0.1) is 5.92 Å². The molecule has 1 aliphatic carbocycles. The topological polar surface area (TPSA) is 46.5 Å². The van der Waals surface area contributed by atoms with Crippen molar-refractivity contribution >= 4 is 5.97 Å². The molecule has 0 heterocycles. The largest absolute Gasteiger partial charge is 0.508 e. The van der Waals surface area contributed by atoms with Crippen molar-refractivity contribution in [3.8, 4) is 0 Å². The highest BCUT2D eigenvalue weighted by atomic mass is 16.6. The fourth-order valence-corrected chi connectivity index (χ4v) is 2.28. The second-order valence-corrected chi connectivity index (χ2v) is 4.69. The molecule has 0 aromatic carbocycles. The highest BCUT2D eigenvalue weighted by molar-refractivity contribution is 5.67.